The van der Waals surface area contributed by atoms with Crippen molar-refractivity contribution in [3.63, 3.8) is 0 Å². The fraction of sp³-hybridized carbons (Fsp3) is 0.462. The van der Waals surface area contributed by atoms with E-state index in [0.717, 1.165) is 5.56 Å². The van der Waals surface area contributed by atoms with Gasteiger partial charge in [0.1, 0.15) is 11.8 Å². The topological polar surface area (TPSA) is 84.4 Å². The van der Waals surface area contributed by atoms with Crippen LogP contribution >= 0.6 is 0 Å². The van der Waals surface area contributed by atoms with Gasteiger partial charge in [-0.2, -0.15) is 4.98 Å². The largest absolute Gasteiger partial charge is 0.467 e. The van der Waals surface area contributed by atoms with Gasteiger partial charge in [-0.1, -0.05) is 6.92 Å². The molecule has 1 aliphatic rings. The van der Waals surface area contributed by atoms with Crippen LogP contribution in [0.4, 0.5) is 5.95 Å². The Bertz CT molecular complexity index is 619. The molecule has 0 spiro atoms. The summed E-state index contributed by atoms with van der Waals surface area (Å²) < 4.78 is 10.5. The van der Waals surface area contributed by atoms with Crippen LogP contribution in [0.1, 0.15) is 30.2 Å². The molecule has 1 unspecified atom stereocenters. The minimum atomic E-state index is -0.522. The third kappa shape index (κ3) is 2.00. The molecule has 0 aromatic carbocycles. The van der Waals surface area contributed by atoms with Crippen molar-refractivity contribution in [2.24, 2.45) is 0 Å². The van der Waals surface area contributed by atoms with Crippen molar-refractivity contribution in [2.45, 2.75) is 25.8 Å². The summed E-state index contributed by atoms with van der Waals surface area (Å²) in [4.78, 5) is 18.4. The molecule has 0 saturated heterocycles. The van der Waals surface area contributed by atoms with E-state index in [0.29, 0.717) is 37.0 Å². The number of carbonyl (C=O) groups is 1. The maximum Gasteiger partial charge on any atom is 0.272 e. The second kappa shape index (κ2) is 5.09. The predicted molar refractivity (Wildman–Crippen MR) is 70.2 cm³/mol. The average Bonchev–Trinajstić information content (AvgIpc) is 3.08. The maximum atomic E-state index is 12.6. The molecule has 1 atom stereocenters. The van der Waals surface area contributed by atoms with Crippen LogP contribution in [0.15, 0.2) is 21.3 Å². The molecule has 0 fully saturated rings. The van der Waals surface area contributed by atoms with Crippen molar-refractivity contribution < 1.29 is 13.7 Å². The first-order valence-electron chi connectivity index (χ1n) is 6.62. The van der Waals surface area contributed by atoms with E-state index in [-0.39, 0.29) is 5.91 Å². The number of aromatic nitrogens is 2. The van der Waals surface area contributed by atoms with Crippen LogP contribution in [0.3, 0.4) is 0 Å². The Morgan fingerprint density at radius 2 is 2.40 bits per heavy atom. The third-order valence-corrected chi connectivity index (χ3v) is 3.45. The number of amides is 1. The van der Waals surface area contributed by atoms with Crippen LogP contribution in [-0.2, 0) is 17.6 Å². The van der Waals surface area contributed by atoms with Crippen LogP contribution in [0.25, 0.3) is 0 Å². The Labute approximate surface area is 115 Å². The van der Waals surface area contributed by atoms with Crippen molar-refractivity contribution in [3.8, 4) is 0 Å². The lowest BCUT2D eigenvalue weighted by Gasteiger charge is -2.19. The zero-order valence-corrected chi connectivity index (χ0v) is 11.4. The highest BCUT2D eigenvalue weighted by Gasteiger charge is 2.34. The fourth-order valence-corrected chi connectivity index (χ4v) is 2.37. The van der Waals surface area contributed by atoms with Gasteiger partial charge in [0.25, 0.3) is 11.9 Å². The van der Waals surface area contributed by atoms with Crippen molar-refractivity contribution in [1.82, 2.24) is 15.5 Å². The normalized spacial score (nSPS) is 19.0. The molecular weight excluding hydrogens is 260 g/mol. The van der Waals surface area contributed by atoms with E-state index in [4.69, 9.17) is 8.94 Å². The van der Waals surface area contributed by atoms with Crippen LogP contribution in [0, 0.1) is 0 Å². The Hall–Kier alpha value is -2.15. The quantitative estimate of drug-likeness (QED) is 0.902. The molecule has 106 valence electrons. The Morgan fingerprint density at radius 3 is 3.10 bits per heavy atom. The summed E-state index contributed by atoms with van der Waals surface area (Å²) in [6.07, 6.45) is 2.96. The number of nitrogens with one attached hydrogen (secondary N) is 1. The molecule has 2 aromatic rings. The number of carbonyl (C=O) groups excluding carboxylic acids is 1. The Balaban J connectivity index is 1.94. The minimum Gasteiger partial charge on any atom is -0.467 e. The van der Waals surface area contributed by atoms with Crippen molar-refractivity contribution in [2.75, 3.05) is 18.5 Å². The summed E-state index contributed by atoms with van der Waals surface area (Å²) in [6.45, 7) is 2.43. The molecule has 7 heteroatoms. The first-order chi connectivity index (χ1) is 9.74. The van der Waals surface area contributed by atoms with Gasteiger partial charge >= 0.3 is 0 Å². The van der Waals surface area contributed by atoms with Gasteiger partial charge in [-0.25, -0.2) is 0 Å². The molecule has 7 nitrogen and oxygen atoms in total. The second-order valence-corrected chi connectivity index (χ2v) is 4.61. The molecule has 1 aliphatic heterocycles. The first-order valence-corrected chi connectivity index (χ1v) is 6.62. The van der Waals surface area contributed by atoms with E-state index in [9.17, 15) is 4.79 Å². The molecule has 0 saturated carbocycles. The SMILES string of the molecule is CCc1nc(N2CCc3ccoc3C(NC)C2=O)no1. The molecule has 0 radical (unpaired) electrons. The summed E-state index contributed by atoms with van der Waals surface area (Å²) in [6, 6.07) is 1.37. The second-order valence-electron chi connectivity index (χ2n) is 4.61. The molecule has 3 heterocycles. The van der Waals surface area contributed by atoms with Gasteiger partial charge in [0, 0.05) is 13.0 Å². The number of hydrogen-bond acceptors (Lipinski definition) is 6. The maximum absolute atomic E-state index is 12.6. The third-order valence-electron chi connectivity index (χ3n) is 3.45. The van der Waals surface area contributed by atoms with Crippen molar-refractivity contribution in [1.29, 1.82) is 0 Å². The van der Waals surface area contributed by atoms with E-state index in [2.05, 4.69) is 15.5 Å². The summed E-state index contributed by atoms with van der Waals surface area (Å²) in [5.74, 6) is 1.37. The molecule has 1 amide bonds. The number of likely N-dealkylation sites (N-methyl/N-ethyl adjacent to an activating group) is 1. The lowest BCUT2D eigenvalue weighted by molar-refractivity contribution is -0.120. The summed E-state index contributed by atoms with van der Waals surface area (Å²) >= 11 is 0. The lowest BCUT2D eigenvalue weighted by atomic mass is 10.1. The summed E-state index contributed by atoms with van der Waals surface area (Å²) in [5, 5.41) is 6.86. The fourth-order valence-electron chi connectivity index (χ4n) is 2.37. The molecule has 0 aliphatic carbocycles. The monoisotopic (exact) mass is 276 g/mol. The highest BCUT2D eigenvalue weighted by Crippen LogP contribution is 2.27. The van der Waals surface area contributed by atoms with Gasteiger partial charge < -0.3 is 14.3 Å². The van der Waals surface area contributed by atoms with Crippen LogP contribution in [0.5, 0.6) is 0 Å². The molecule has 1 N–H and O–H groups in total. The standard InChI is InChI=1S/C13H16N4O3/c1-3-9-15-13(16-20-9)17-6-4-8-5-7-19-11(8)10(14-2)12(17)18/h5,7,10,14H,3-4,6H2,1-2H3. The molecule has 3 rings (SSSR count). The van der Waals surface area contributed by atoms with Crippen LogP contribution in [-0.4, -0.2) is 29.6 Å². The number of rotatable bonds is 3. The first kappa shape index (κ1) is 12.9. The van der Waals surface area contributed by atoms with E-state index < -0.39 is 6.04 Å². The zero-order chi connectivity index (χ0) is 14.1. The van der Waals surface area contributed by atoms with Gasteiger partial charge in [0.15, 0.2) is 0 Å². The predicted octanol–water partition coefficient (Wildman–Crippen LogP) is 1.07. The average molecular weight is 276 g/mol. The summed E-state index contributed by atoms with van der Waals surface area (Å²) in [5.41, 5.74) is 1.03. The van der Waals surface area contributed by atoms with Gasteiger partial charge in [-0.05, 0) is 30.3 Å². The minimum absolute atomic E-state index is 0.135. The molecular formula is C13H16N4O3. The van der Waals surface area contributed by atoms with Gasteiger partial charge in [0.05, 0.1) is 6.26 Å². The van der Waals surface area contributed by atoms with E-state index in [1.54, 1.807) is 18.2 Å². The molecule has 2 aromatic heterocycles. The van der Waals surface area contributed by atoms with E-state index >= 15 is 0 Å². The van der Waals surface area contributed by atoms with Crippen molar-refractivity contribution >= 4 is 11.9 Å². The van der Waals surface area contributed by atoms with E-state index in [1.165, 1.54) is 0 Å². The number of hydrogen-bond donors (Lipinski definition) is 1. The van der Waals surface area contributed by atoms with Crippen LogP contribution in [0.2, 0.25) is 0 Å². The molecule has 0 bridgehead atoms. The van der Waals surface area contributed by atoms with E-state index in [1.807, 2.05) is 13.0 Å². The Kier molecular flexibility index (Phi) is 3.27. The zero-order valence-electron chi connectivity index (χ0n) is 11.4. The lowest BCUT2D eigenvalue weighted by Crippen LogP contribution is -2.39. The highest BCUT2D eigenvalue weighted by molar-refractivity contribution is 5.96. The molecule has 20 heavy (non-hydrogen) atoms. The number of fused-ring (bicyclic) bond motifs is 1. The highest BCUT2D eigenvalue weighted by atomic mass is 16.5. The van der Waals surface area contributed by atoms with Crippen molar-refractivity contribution in [3.05, 3.63) is 29.5 Å². The van der Waals surface area contributed by atoms with Gasteiger partial charge in [0.2, 0.25) is 5.89 Å². The number of nitrogens with zero attached hydrogens (tertiary/aromatic N) is 3. The van der Waals surface area contributed by atoms with Gasteiger partial charge in [-0.15, -0.1) is 0 Å². The summed E-state index contributed by atoms with van der Waals surface area (Å²) in [7, 11) is 1.73. The number of anilines is 1. The smallest absolute Gasteiger partial charge is 0.272 e. The van der Waals surface area contributed by atoms with Crippen LogP contribution < -0.4 is 10.2 Å². The number of furan rings is 1. The Morgan fingerprint density at radius 1 is 1.55 bits per heavy atom. The number of aryl methyl sites for hydroxylation is 1. The van der Waals surface area contributed by atoms with Gasteiger partial charge in [-0.3, -0.25) is 9.69 Å².